The van der Waals surface area contributed by atoms with Gasteiger partial charge >= 0.3 is 0 Å². The number of carbonyl (C=O) groups excluding carboxylic acids is 2. The number of Topliss-reactive ketones (excluding diaryl/α,β-unsaturated/α-hetero) is 1. The minimum atomic E-state index is -0.780. The van der Waals surface area contributed by atoms with E-state index in [4.69, 9.17) is 4.74 Å². The normalized spacial score (nSPS) is 17.6. The first kappa shape index (κ1) is 21.8. The number of amides is 1. The standard InChI is InChI=1S/C25H21BrN2O4/c1-15-12-16(9-10-19(15)26)23(29)21-22(17-7-5-11-27-13-17)28(25(31)24(21)30)14-18-6-3-4-8-20(18)32-2/h3-13,22,29H,14H2,1-2H3/b23-21-. The van der Waals surface area contributed by atoms with Crippen LogP contribution in [0.25, 0.3) is 5.76 Å². The molecule has 4 rings (SSSR count). The summed E-state index contributed by atoms with van der Waals surface area (Å²) in [6.07, 6.45) is 3.22. The van der Waals surface area contributed by atoms with Crippen molar-refractivity contribution < 1.29 is 19.4 Å². The summed E-state index contributed by atoms with van der Waals surface area (Å²) < 4.78 is 6.31. The Labute approximate surface area is 194 Å². The van der Waals surface area contributed by atoms with Crippen LogP contribution < -0.4 is 4.74 Å². The molecule has 32 heavy (non-hydrogen) atoms. The van der Waals surface area contributed by atoms with E-state index in [2.05, 4.69) is 20.9 Å². The number of nitrogens with zero attached hydrogens (tertiary/aromatic N) is 2. The highest BCUT2D eigenvalue weighted by molar-refractivity contribution is 9.10. The molecule has 0 spiro atoms. The molecule has 0 saturated carbocycles. The zero-order valence-corrected chi connectivity index (χ0v) is 19.2. The van der Waals surface area contributed by atoms with Gasteiger partial charge in [0.1, 0.15) is 11.5 Å². The zero-order valence-electron chi connectivity index (χ0n) is 17.6. The van der Waals surface area contributed by atoms with Crippen LogP contribution in [0.3, 0.4) is 0 Å². The SMILES string of the molecule is COc1ccccc1CN1C(=O)C(=O)/C(=C(\O)c2ccc(Br)c(C)c2)C1c1cccnc1. The lowest BCUT2D eigenvalue weighted by Crippen LogP contribution is -2.29. The summed E-state index contributed by atoms with van der Waals surface area (Å²) in [5, 5.41) is 11.2. The van der Waals surface area contributed by atoms with Gasteiger partial charge in [-0.05, 0) is 42.3 Å². The summed E-state index contributed by atoms with van der Waals surface area (Å²) in [7, 11) is 1.56. The van der Waals surface area contributed by atoms with Crippen molar-refractivity contribution in [2.45, 2.75) is 19.5 Å². The summed E-state index contributed by atoms with van der Waals surface area (Å²) in [6, 6.07) is 15.4. The number of aromatic nitrogens is 1. The number of rotatable bonds is 5. The van der Waals surface area contributed by atoms with Crippen LogP contribution in [0.5, 0.6) is 5.75 Å². The van der Waals surface area contributed by atoms with Crippen LogP contribution in [-0.2, 0) is 16.1 Å². The summed E-state index contributed by atoms with van der Waals surface area (Å²) in [5.41, 5.74) is 2.80. The number of halogens is 1. The van der Waals surface area contributed by atoms with Crippen LogP contribution in [0, 0.1) is 6.92 Å². The Morgan fingerprint density at radius 1 is 1.16 bits per heavy atom. The number of likely N-dealkylation sites (tertiary alicyclic amines) is 1. The molecule has 0 bridgehead atoms. The molecule has 1 saturated heterocycles. The number of aryl methyl sites for hydroxylation is 1. The van der Waals surface area contributed by atoms with Gasteiger partial charge in [-0.1, -0.05) is 46.3 Å². The Balaban J connectivity index is 1.87. The third-order valence-electron chi connectivity index (χ3n) is 5.50. The largest absolute Gasteiger partial charge is 0.507 e. The quantitative estimate of drug-likeness (QED) is 0.314. The lowest BCUT2D eigenvalue weighted by Gasteiger charge is -2.25. The molecule has 1 aliphatic rings. The molecule has 1 amide bonds. The molecule has 0 radical (unpaired) electrons. The highest BCUT2D eigenvalue weighted by atomic mass is 79.9. The molecule has 1 aliphatic heterocycles. The number of ether oxygens (including phenoxy) is 1. The number of benzene rings is 2. The van der Waals surface area contributed by atoms with Gasteiger partial charge < -0.3 is 14.7 Å². The van der Waals surface area contributed by atoms with E-state index in [1.165, 1.54) is 4.90 Å². The van der Waals surface area contributed by atoms with Crippen molar-refractivity contribution in [3.8, 4) is 5.75 Å². The number of hydrogen-bond donors (Lipinski definition) is 1. The van der Waals surface area contributed by atoms with Gasteiger partial charge in [0.15, 0.2) is 0 Å². The molecule has 1 fully saturated rings. The molecule has 6 nitrogen and oxygen atoms in total. The number of aliphatic hydroxyl groups excluding tert-OH is 1. The average Bonchev–Trinajstić information content (AvgIpc) is 3.06. The van der Waals surface area contributed by atoms with Crippen LogP contribution in [0.1, 0.15) is 28.3 Å². The number of methoxy groups -OCH3 is 1. The fourth-order valence-corrected chi connectivity index (χ4v) is 4.14. The van der Waals surface area contributed by atoms with E-state index < -0.39 is 17.7 Å². The van der Waals surface area contributed by atoms with Gasteiger partial charge in [0, 0.05) is 28.0 Å². The van der Waals surface area contributed by atoms with E-state index in [9.17, 15) is 14.7 Å². The van der Waals surface area contributed by atoms with Gasteiger partial charge in [0.25, 0.3) is 11.7 Å². The molecule has 3 aromatic rings. The predicted molar refractivity (Wildman–Crippen MR) is 124 cm³/mol. The molecular weight excluding hydrogens is 472 g/mol. The molecule has 0 aliphatic carbocycles. The second-order valence-electron chi connectivity index (χ2n) is 7.49. The highest BCUT2D eigenvalue weighted by Crippen LogP contribution is 2.41. The van der Waals surface area contributed by atoms with Crippen LogP contribution >= 0.6 is 15.9 Å². The Morgan fingerprint density at radius 2 is 1.94 bits per heavy atom. The van der Waals surface area contributed by atoms with Crippen LogP contribution in [0.4, 0.5) is 0 Å². The molecule has 162 valence electrons. The van der Waals surface area contributed by atoms with Gasteiger partial charge in [-0.25, -0.2) is 0 Å². The lowest BCUT2D eigenvalue weighted by molar-refractivity contribution is -0.140. The highest BCUT2D eigenvalue weighted by Gasteiger charge is 2.46. The van der Waals surface area contributed by atoms with Crippen molar-refractivity contribution in [1.82, 2.24) is 9.88 Å². The zero-order chi connectivity index (χ0) is 22.8. The Hall–Kier alpha value is -3.45. The monoisotopic (exact) mass is 492 g/mol. The number of hydrogen-bond acceptors (Lipinski definition) is 5. The third-order valence-corrected chi connectivity index (χ3v) is 6.39. The van der Waals surface area contributed by atoms with Gasteiger partial charge in [-0.15, -0.1) is 0 Å². The topological polar surface area (TPSA) is 79.7 Å². The minimum Gasteiger partial charge on any atom is -0.507 e. The van der Waals surface area contributed by atoms with E-state index in [1.54, 1.807) is 55.9 Å². The van der Waals surface area contributed by atoms with Crippen molar-refractivity contribution in [3.05, 3.63) is 99.3 Å². The van der Waals surface area contributed by atoms with E-state index in [-0.39, 0.29) is 17.9 Å². The molecular formula is C25H21BrN2O4. The first-order valence-electron chi connectivity index (χ1n) is 9.99. The van der Waals surface area contributed by atoms with Gasteiger partial charge in [0.05, 0.1) is 25.3 Å². The maximum atomic E-state index is 13.1. The molecule has 1 aromatic heterocycles. The van der Waals surface area contributed by atoms with Crippen LogP contribution in [0.15, 0.2) is 77.0 Å². The van der Waals surface area contributed by atoms with Crippen LogP contribution in [0.2, 0.25) is 0 Å². The summed E-state index contributed by atoms with van der Waals surface area (Å²) in [6.45, 7) is 2.03. The Kier molecular flexibility index (Phi) is 6.10. The van der Waals surface area contributed by atoms with Gasteiger partial charge in [-0.2, -0.15) is 0 Å². The number of carbonyl (C=O) groups is 2. The van der Waals surface area contributed by atoms with Crippen LogP contribution in [-0.4, -0.2) is 33.8 Å². The van der Waals surface area contributed by atoms with Gasteiger partial charge in [-0.3, -0.25) is 14.6 Å². The summed E-state index contributed by atoms with van der Waals surface area (Å²) >= 11 is 3.45. The van der Waals surface area contributed by atoms with Crippen molar-refractivity contribution in [1.29, 1.82) is 0 Å². The third kappa shape index (κ3) is 3.91. The average molecular weight is 493 g/mol. The molecule has 2 aromatic carbocycles. The lowest BCUT2D eigenvalue weighted by atomic mass is 9.95. The van der Waals surface area contributed by atoms with Crippen molar-refractivity contribution in [2.24, 2.45) is 0 Å². The van der Waals surface area contributed by atoms with Crippen molar-refractivity contribution in [3.63, 3.8) is 0 Å². The summed E-state index contributed by atoms with van der Waals surface area (Å²) in [5.74, 6) is -1.01. The van der Waals surface area contributed by atoms with E-state index >= 15 is 0 Å². The fourth-order valence-electron chi connectivity index (χ4n) is 3.89. The second-order valence-corrected chi connectivity index (χ2v) is 8.34. The maximum Gasteiger partial charge on any atom is 0.295 e. The predicted octanol–water partition coefficient (Wildman–Crippen LogP) is 4.78. The smallest absolute Gasteiger partial charge is 0.295 e. The molecule has 1 N–H and O–H groups in total. The number of aliphatic hydroxyl groups is 1. The van der Waals surface area contributed by atoms with Crippen molar-refractivity contribution >= 4 is 33.4 Å². The number of ketones is 1. The molecule has 1 unspecified atom stereocenters. The summed E-state index contributed by atoms with van der Waals surface area (Å²) in [4.78, 5) is 31.9. The Morgan fingerprint density at radius 3 is 2.62 bits per heavy atom. The second kappa shape index (κ2) is 8.96. The van der Waals surface area contributed by atoms with Gasteiger partial charge in [0.2, 0.25) is 0 Å². The molecule has 2 heterocycles. The van der Waals surface area contributed by atoms with E-state index in [0.717, 1.165) is 15.6 Å². The van der Waals surface area contributed by atoms with Crippen molar-refractivity contribution in [2.75, 3.05) is 7.11 Å². The number of pyridine rings is 1. The fraction of sp³-hybridized carbons (Fsp3) is 0.160. The first-order chi connectivity index (χ1) is 15.4. The van der Waals surface area contributed by atoms with E-state index in [1.807, 2.05) is 25.1 Å². The first-order valence-corrected chi connectivity index (χ1v) is 10.8. The number of para-hydroxylation sites is 1. The van der Waals surface area contributed by atoms with E-state index in [0.29, 0.717) is 16.9 Å². The maximum absolute atomic E-state index is 13.1. The molecule has 1 atom stereocenters. The Bertz CT molecular complexity index is 1220. The molecule has 7 heteroatoms. The minimum absolute atomic E-state index is 0.0413.